The lowest BCUT2D eigenvalue weighted by Gasteiger charge is -2.34. The van der Waals surface area contributed by atoms with E-state index >= 15 is 0 Å². The van der Waals surface area contributed by atoms with Crippen LogP contribution in [0.4, 0.5) is 17.1 Å². The van der Waals surface area contributed by atoms with Crippen LogP contribution in [-0.4, -0.2) is 0 Å². The molecule has 0 fully saturated rings. The number of hydrogen-bond acceptors (Lipinski definition) is 2. The average molecular weight is 488 g/mol. The highest BCUT2D eigenvalue weighted by atomic mass is 32.1. The van der Waals surface area contributed by atoms with Gasteiger partial charge in [-0.15, -0.1) is 11.3 Å². The van der Waals surface area contributed by atoms with Gasteiger partial charge in [0.2, 0.25) is 0 Å². The molecule has 1 aliphatic heterocycles. The minimum absolute atomic E-state index is 0.994. The lowest BCUT2D eigenvalue weighted by Crippen LogP contribution is -2.15. The summed E-state index contributed by atoms with van der Waals surface area (Å²) in [4.78, 5) is 2.53. The lowest BCUT2D eigenvalue weighted by molar-refractivity contribution is 1.24. The second-order valence-corrected chi connectivity index (χ2v) is 11.2. The lowest BCUT2D eigenvalue weighted by atomic mass is 9.89. The normalized spacial score (nSPS) is 13.2. The highest BCUT2D eigenvalue weighted by Crippen LogP contribution is 2.56. The SMILES string of the molecule is c1ccc2c(c1)Cc1cc(N3c4ccccc4-c4cccc5cc6c(sc7ccccc76)c3c45)ccc1-2. The fourth-order valence-corrected chi connectivity index (χ4v) is 7.83. The number of thiophene rings is 1. The number of para-hydroxylation sites is 1. The van der Waals surface area contributed by atoms with Crippen LogP contribution < -0.4 is 4.90 Å². The van der Waals surface area contributed by atoms with Crippen molar-refractivity contribution in [3.8, 4) is 22.3 Å². The zero-order chi connectivity index (χ0) is 24.1. The van der Waals surface area contributed by atoms with Crippen LogP contribution in [0.3, 0.4) is 0 Å². The van der Waals surface area contributed by atoms with Crippen LogP contribution in [0.25, 0.3) is 53.2 Å². The Hall–Kier alpha value is -4.40. The standard InChI is InChI=1S/C35H21NS/c1-2-10-25-21(8-1)18-23-19-24(16-17-26(23)25)36-31-14-5-3-11-27(31)29-13-7-9-22-20-30-28-12-4-6-15-32(28)37-35(30)34(36)33(22)29/h1-17,19-20H,18H2. The van der Waals surface area contributed by atoms with E-state index in [0.29, 0.717) is 0 Å². The summed E-state index contributed by atoms with van der Waals surface area (Å²) in [6.45, 7) is 0. The topological polar surface area (TPSA) is 3.24 Å². The van der Waals surface area contributed by atoms with Gasteiger partial charge in [0.05, 0.1) is 16.1 Å². The van der Waals surface area contributed by atoms with Gasteiger partial charge in [-0.2, -0.15) is 0 Å². The van der Waals surface area contributed by atoms with Crippen molar-refractivity contribution < 1.29 is 0 Å². The Balaban J connectivity index is 1.40. The van der Waals surface area contributed by atoms with Crippen molar-refractivity contribution in [1.29, 1.82) is 0 Å². The molecule has 0 saturated heterocycles. The summed E-state index contributed by atoms with van der Waals surface area (Å²) in [5, 5.41) is 5.34. The zero-order valence-electron chi connectivity index (χ0n) is 20.0. The van der Waals surface area contributed by atoms with Gasteiger partial charge >= 0.3 is 0 Å². The van der Waals surface area contributed by atoms with Crippen molar-refractivity contribution in [1.82, 2.24) is 0 Å². The summed E-state index contributed by atoms with van der Waals surface area (Å²) >= 11 is 1.92. The van der Waals surface area contributed by atoms with Gasteiger partial charge in [-0.05, 0) is 70.0 Å². The molecule has 0 atom stereocenters. The van der Waals surface area contributed by atoms with Gasteiger partial charge in [0.1, 0.15) is 0 Å². The molecule has 0 amide bonds. The maximum absolute atomic E-state index is 2.53. The summed E-state index contributed by atoms with van der Waals surface area (Å²) in [7, 11) is 0. The first kappa shape index (κ1) is 19.7. The van der Waals surface area contributed by atoms with Crippen molar-refractivity contribution in [2.24, 2.45) is 0 Å². The number of fused-ring (bicyclic) bond motifs is 9. The summed E-state index contributed by atoms with van der Waals surface area (Å²) in [6.07, 6.45) is 0.994. The Labute approximate surface area is 218 Å². The second-order valence-electron chi connectivity index (χ2n) is 10.1. The minimum Gasteiger partial charge on any atom is -0.308 e. The van der Waals surface area contributed by atoms with E-state index in [1.165, 1.54) is 81.4 Å². The molecule has 2 heteroatoms. The molecule has 0 unspecified atom stereocenters. The number of benzene rings is 6. The highest BCUT2D eigenvalue weighted by Gasteiger charge is 2.30. The van der Waals surface area contributed by atoms with Crippen molar-refractivity contribution in [2.45, 2.75) is 6.42 Å². The number of rotatable bonds is 1. The Morgan fingerprint density at radius 2 is 1.35 bits per heavy atom. The molecular weight excluding hydrogens is 466 g/mol. The Bertz CT molecular complexity index is 2080. The predicted molar refractivity (Wildman–Crippen MR) is 159 cm³/mol. The molecule has 2 heterocycles. The van der Waals surface area contributed by atoms with Crippen LogP contribution in [0.2, 0.25) is 0 Å². The van der Waals surface area contributed by atoms with E-state index in [1.54, 1.807) is 0 Å². The third-order valence-corrected chi connectivity index (χ3v) is 9.37. The molecule has 0 spiro atoms. The summed E-state index contributed by atoms with van der Waals surface area (Å²) < 4.78 is 2.70. The highest BCUT2D eigenvalue weighted by molar-refractivity contribution is 7.26. The van der Waals surface area contributed by atoms with Crippen molar-refractivity contribution >= 4 is 59.3 Å². The molecule has 0 radical (unpaired) electrons. The third-order valence-electron chi connectivity index (χ3n) is 8.18. The molecule has 0 bridgehead atoms. The van der Waals surface area contributed by atoms with E-state index in [2.05, 4.69) is 120 Å². The van der Waals surface area contributed by atoms with Crippen LogP contribution in [0.1, 0.15) is 11.1 Å². The van der Waals surface area contributed by atoms with E-state index in [4.69, 9.17) is 0 Å². The van der Waals surface area contributed by atoms with Gasteiger partial charge in [-0.3, -0.25) is 0 Å². The monoisotopic (exact) mass is 487 g/mol. The Morgan fingerprint density at radius 1 is 0.568 bits per heavy atom. The van der Waals surface area contributed by atoms with Crippen LogP contribution in [-0.2, 0) is 6.42 Å². The van der Waals surface area contributed by atoms with E-state index in [0.717, 1.165) is 6.42 Å². The van der Waals surface area contributed by atoms with E-state index < -0.39 is 0 Å². The first-order valence-electron chi connectivity index (χ1n) is 12.8. The Morgan fingerprint density at radius 3 is 2.32 bits per heavy atom. The first-order valence-corrected chi connectivity index (χ1v) is 13.6. The molecule has 1 nitrogen and oxygen atoms in total. The summed E-state index contributed by atoms with van der Waals surface area (Å²) in [6, 6.07) is 42.8. The fourth-order valence-electron chi connectivity index (χ4n) is 6.60. The summed E-state index contributed by atoms with van der Waals surface area (Å²) in [5.74, 6) is 0. The molecule has 9 rings (SSSR count). The van der Waals surface area contributed by atoms with Crippen LogP contribution in [0.15, 0.2) is 115 Å². The molecule has 7 aromatic rings. The van der Waals surface area contributed by atoms with Crippen molar-refractivity contribution in [2.75, 3.05) is 4.90 Å². The minimum atomic E-state index is 0.994. The maximum Gasteiger partial charge on any atom is 0.0725 e. The average Bonchev–Trinajstić information content (AvgIpc) is 3.51. The van der Waals surface area contributed by atoms with Gasteiger partial charge in [-0.1, -0.05) is 84.9 Å². The molecule has 2 aliphatic rings. The van der Waals surface area contributed by atoms with Crippen LogP contribution >= 0.6 is 11.3 Å². The molecule has 0 N–H and O–H groups in total. The van der Waals surface area contributed by atoms with Crippen molar-refractivity contribution in [3.05, 3.63) is 126 Å². The van der Waals surface area contributed by atoms with Crippen LogP contribution in [0, 0.1) is 0 Å². The molecule has 6 aromatic carbocycles. The maximum atomic E-state index is 2.53. The van der Waals surface area contributed by atoms with Crippen molar-refractivity contribution in [3.63, 3.8) is 0 Å². The quantitative estimate of drug-likeness (QED) is 0.223. The molecule has 1 aromatic heterocycles. The van der Waals surface area contributed by atoms with Gasteiger partial charge < -0.3 is 4.90 Å². The number of anilines is 3. The van der Waals surface area contributed by atoms with Gasteiger partial charge in [0.15, 0.2) is 0 Å². The summed E-state index contributed by atoms with van der Waals surface area (Å²) in [5.41, 5.74) is 12.0. The molecule has 172 valence electrons. The predicted octanol–water partition coefficient (Wildman–Crippen LogP) is 10.2. The van der Waals surface area contributed by atoms with Gasteiger partial charge in [-0.25, -0.2) is 0 Å². The van der Waals surface area contributed by atoms with Gasteiger partial charge in [0, 0.05) is 32.1 Å². The van der Waals surface area contributed by atoms with Gasteiger partial charge in [0.25, 0.3) is 0 Å². The number of hydrogen-bond donors (Lipinski definition) is 0. The molecule has 37 heavy (non-hydrogen) atoms. The van der Waals surface area contributed by atoms with Crippen LogP contribution in [0.5, 0.6) is 0 Å². The third kappa shape index (κ3) is 2.58. The largest absolute Gasteiger partial charge is 0.308 e. The fraction of sp³-hybridized carbons (Fsp3) is 0.0286. The zero-order valence-corrected chi connectivity index (χ0v) is 20.8. The van der Waals surface area contributed by atoms with E-state index in [-0.39, 0.29) is 0 Å². The smallest absolute Gasteiger partial charge is 0.0725 e. The molecule has 1 aliphatic carbocycles. The first-order chi connectivity index (χ1) is 18.3. The molecular formula is C35H21NS. The second kappa shape index (κ2) is 7.09. The van der Waals surface area contributed by atoms with E-state index in [1.807, 2.05) is 11.3 Å². The Kier molecular flexibility index (Phi) is 3.78. The number of nitrogens with zero attached hydrogens (tertiary/aromatic N) is 1. The molecule has 0 saturated carbocycles. The van der Waals surface area contributed by atoms with E-state index in [9.17, 15) is 0 Å².